The average Bonchev–Trinajstić information content (AvgIpc) is 2.79. The van der Waals surface area contributed by atoms with Gasteiger partial charge in [-0.2, -0.15) is 0 Å². The maximum absolute atomic E-state index is 12.6. The highest BCUT2D eigenvalue weighted by molar-refractivity contribution is 7.80. The summed E-state index contributed by atoms with van der Waals surface area (Å²) in [5.74, 6) is 1.02. The maximum atomic E-state index is 12.6. The monoisotopic (exact) mass is 423 g/mol. The van der Waals surface area contributed by atoms with Crippen LogP contribution in [0.5, 0.6) is 5.75 Å². The second-order valence-electron chi connectivity index (χ2n) is 8.04. The van der Waals surface area contributed by atoms with E-state index in [0.29, 0.717) is 5.11 Å². The van der Waals surface area contributed by atoms with Crippen LogP contribution in [0.1, 0.15) is 59.6 Å². The molecular weight excluding hydrogens is 394 g/mol. The molecule has 0 spiro atoms. The molecule has 2 aromatic carbocycles. The number of piperidine rings is 1. The van der Waals surface area contributed by atoms with E-state index in [1.54, 1.807) is 7.11 Å². The molecule has 0 saturated carbocycles. The number of methoxy groups -OCH3 is 1. The van der Waals surface area contributed by atoms with Crippen LogP contribution >= 0.6 is 12.2 Å². The van der Waals surface area contributed by atoms with Gasteiger partial charge in [-0.15, -0.1) is 0 Å². The lowest BCUT2D eigenvalue weighted by Crippen LogP contribution is -2.35. The van der Waals surface area contributed by atoms with E-state index in [2.05, 4.69) is 22.8 Å². The summed E-state index contributed by atoms with van der Waals surface area (Å²) in [7, 11) is 1.70. The van der Waals surface area contributed by atoms with E-state index in [9.17, 15) is 4.79 Å². The molecule has 1 aliphatic carbocycles. The van der Waals surface area contributed by atoms with Crippen LogP contribution in [0.15, 0.2) is 42.5 Å². The van der Waals surface area contributed by atoms with E-state index >= 15 is 0 Å². The zero-order chi connectivity index (χ0) is 20.9. The van der Waals surface area contributed by atoms with Crippen molar-refractivity contribution in [1.82, 2.24) is 10.2 Å². The normalized spacial score (nSPS) is 18.3. The van der Waals surface area contributed by atoms with Gasteiger partial charge in [0.05, 0.1) is 13.2 Å². The molecule has 30 heavy (non-hydrogen) atoms. The van der Waals surface area contributed by atoms with Crippen LogP contribution < -0.4 is 15.4 Å². The number of carbonyl (C=O) groups excluding carboxylic acids is 1. The Morgan fingerprint density at radius 1 is 1.07 bits per heavy atom. The molecule has 6 heteroatoms. The maximum Gasteiger partial charge on any atom is 0.253 e. The fourth-order valence-electron chi connectivity index (χ4n) is 4.37. The number of benzene rings is 2. The molecule has 5 nitrogen and oxygen atoms in total. The summed E-state index contributed by atoms with van der Waals surface area (Å²) in [5.41, 5.74) is 4.22. The fraction of sp³-hybridized carbons (Fsp3) is 0.417. The van der Waals surface area contributed by atoms with E-state index in [1.165, 1.54) is 17.5 Å². The van der Waals surface area contributed by atoms with Crippen LogP contribution in [0, 0.1) is 0 Å². The summed E-state index contributed by atoms with van der Waals surface area (Å²) < 4.78 is 5.36. The second kappa shape index (κ2) is 9.47. The molecule has 0 unspecified atom stereocenters. The Morgan fingerprint density at radius 3 is 2.57 bits per heavy atom. The Balaban J connectivity index is 1.36. The molecule has 158 valence electrons. The van der Waals surface area contributed by atoms with Crippen molar-refractivity contribution in [3.63, 3.8) is 0 Å². The Hall–Kier alpha value is -2.60. The zero-order valence-corrected chi connectivity index (χ0v) is 18.3. The van der Waals surface area contributed by atoms with Gasteiger partial charge in [0.25, 0.3) is 5.91 Å². The molecule has 1 amide bonds. The smallest absolute Gasteiger partial charge is 0.253 e. The SMILES string of the molecule is COc1ccc2c(c1)CCC[C@@H]2NC(=S)Nc1ccc(C(=O)N2CCCCC2)cc1. The zero-order valence-electron chi connectivity index (χ0n) is 17.4. The van der Waals surface area contributed by atoms with Crippen molar-refractivity contribution in [3.8, 4) is 5.75 Å². The van der Waals surface area contributed by atoms with E-state index in [4.69, 9.17) is 17.0 Å². The highest BCUT2D eigenvalue weighted by atomic mass is 32.1. The second-order valence-corrected chi connectivity index (χ2v) is 8.45. The summed E-state index contributed by atoms with van der Waals surface area (Å²) in [4.78, 5) is 14.6. The number of amides is 1. The topological polar surface area (TPSA) is 53.6 Å². The molecule has 2 aliphatic rings. The molecule has 0 aromatic heterocycles. The number of rotatable bonds is 4. The van der Waals surface area contributed by atoms with Gasteiger partial charge < -0.3 is 20.3 Å². The van der Waals surface area contributed by atoms with Crippen molar-refractivity contribution in [2.75, 3.05) is 25.5 Å². The summed E-state index contributed by atoms with van der Waals surface area (Å²) >= 11 is 5.56. The van der Waals surface area contributed by atoms with Gasteiger partial charge in [0.1, 0.15) is 5.75 Å². The summed E-state index contributed by atoms with van der Waals surface area (Å²) in [6, 6.07) is 14.1. The summed E-state index contributed by atoms with van der Waals surface area (Å²) in [6.45, 7) is 1.73. The number of carbonyl (C=O) groups is 1. The highest BCUT2D eigenvalue weighted by Crippen LogP contribution is 2.32. The first-order valence-corrected chi connectivity index (χ1v) is 11.2. The first-order chi connectivity index (χ1) is 14.6. The van der Waals surface area contributed by atoms with E-state index in [-0.39, 0.29) is 11.9 Å². The van der Waals surface area contributed by atoms with Gasteiger partial charge in [-0.05, 0) is 98.3 Å². The third-order valence-electron chi connectivity index (χ3n) is 6.00. The molecule has 2 aromatic rings. The molecule has 1 heterocycles. The highest BCUT2D eigenvalue weighted by Gasteiger charge is 2.22. The minimum Gasteiger partial charge on any atom is -0.497 e. The average molecular weight is 424 g/mol. The summed E-state index contributed by atoms with van der Waals surface area (Å²) in [5, 5.41) is 7.31. The number of ether oxygens (including phenoxy) is 1. The lowest BCUT2D eigenvalue weighted by atomic mass is 9.87. The van der Waals surface area contributed by atoms with Crippen LogP contribution in [-0.2, 0) is 6.42 Å². The van der Waals surface area contributed by atoms with E-state index in [0.717, 1.165) is 62.2 Å². The van der Waals surface area contributed by atoms with Gasteiger partial charge in [0.2, 0.25) is 0 Å². The van der Waals surface area contributed by atoms with Crippen molar-refractivity contribution in [2.45, 2.75) is 44.6 Å². The molecular formula is C24H29N3O2S. The third kappa shape index (κ3) is 4.75. The number of aryl methyl sites for hydroxylation is 1. The van der Waals surface area contributed by atoms with Crippen molar-refractivity contribution in [3.05, 3.63) is 59.2 Å². The van der Waals surface area contributed by atoms with Crippen LogP contribution in [0.3, 0.4) is 0 Å². The number of thiocarbonyl (C=S) groups is 1. The molecule has 2 N–H and O–H groups in total. The number of likely N-dealkylation sites (tertiary alicyclic amines) is 1. The molecule has 1 fully saturated rings. The molecule has 1 saturated heterocycles. The predicted octanol–water partition coefficient (Wildman–Crippen LogP) is 4.69. The quantitative estimate of drug-likeness (QED) is 0.699. The van der Waals surface area contributed by atoms with Crippen molar-refractivity contribution in [2.24, 2.45) is 0 Å². The Bertz CT molecular complexity index is 907. The molecule has 0 bridgehead atoms. The Kier molecular flexibility index (Phi) is 6.53. The van der Waals surface area contributed by atoms with Gasteiger partial charge in [-0.25, -0.2) is 0 Å². The Morgan fingerprint density at radius 2 is 1.83 bits per heavy atom. The molecule has 1 aliphatic heterocycles. The third-order valence-corrected chi connectivity index (χ3v) is 6.22. The van der Waals surface area contributed by atoms with Gasteiger partial charge >= 0.3 is 0 Å². The van der Waals surface area contributed by atoms with Crippen LogP contribution in [0.2, 0.25) is 0 Å². The number of hydrogen-bond donors (Lipinski definition) is 2. The largest absolute Gasteiger partial charge is 0.497 e. The molecule has 4 rings (SSSR count). The lowest BCUT2D eigenvalue weighted by Gasteiger charge is -2.28. The fourth-order valence-corrected chi connectivity index (χ4v) is 4.63. The number of nitrogens with one attached hydrogen (secondary N) is 2. The van der Waals surface area contributed by atoms with Crippen LogP contribution in [-0.4, -0.2) is 36.1 Å². The predicted molar refractivity (Wildman–Crippen MR) is 124 cm³/mol. The van der Waals surface area contributed by atoms with Gasteiger partial charge in [-0.3, -0.25) is 4.79 Å². The van der Waals surface area contributed by atoms with Crippen molar-refractivity contribution in [1.29, 1.82) is 0 Å². The number of hydrogen-bond acceptors (Lipinski definition) is 3. The van der Waals surface area contributed by atoms with Crippen LogP contribution in [0.4, 0.5) is 5.69 Å². The minimum absolute atomic E-state index is 0.121. The van der Waals surface area contributed by atoms with Gasteiger partial charge in [0, 0.05) is 24.3 Å². The van der Waals surface area contributed by atoms with Crippen molar-refractivity contribution >= 4 is 28.9 Å². The Labute approximate surface area is 183 Å². The number of fused-ring (bicyclic) bond motifs is 1. The molecule has 0 radical (unpaired) electrons. The van der Waals surface area contributed by atoms with Crippen molar-refractivity contribution < 1.29 is 9.53 Å². The van der Waals surface area contributed by atoms with Crippen LogP contribution in [0.25, 0.3) is 0 Å². The number of anilines is 1. The molecule has 1 atom stereocenters. The lowest BCUT2D eigenvalue weighted by molar-refractivity contribution is 0.0724. The van der Waals surface area contributed by atoms with Gasteiger partial charge in [-0.1, -0.05) is 6.07 Å². The first-order valence-electron chi connectivity index (χ1n) is 10.8. The standard InChI is InChI=1S/C24H29N3O2S/c1-29-20-12-13-21-18(16-20)6-5-7-22(21)26-24(30)25-19-10-8-17(9-11-19)23(28)27-14-3-2-4-15-27/h8-13,16,22H,2-7,14-15H2,1H3,(H2,25,26,30)/t22-/m0/s1. The first kappa shape index (κ1) is 20.7. The summed E-state index contributed by atoms with van der Waals surface area (Å²) in [6.07, 6.45) is 6.65. The van der Waals surface area contributed by atoms with E-state index < -0.39 is 0 Å². The van der Waals surface area contributed by atoms with E-state index in [1.807, 2.05) is 35.2 Å². The van der Waals surface area contributed by atoms with Gasteiger partial charge in [0.15, 0.2) is 5.11 Å². The number of nitrogens with zero attached hydrogens (tertiary/aromatic N) is 1. The minimum atomic E-state index is 0.121.